The van der Waals surface area contributed by atoms with E-state index in [4.69, 9.17) is 0 Å². The fourth-order valence-corrected chi connectivity index (χ4v) is 4.18. The third kappa shape index (κ3) is 4.22. The first-order valence-corrected chi connectivity index (χ1v) is 9.55. The fourth-order valence-electron chi connectivity index (χ4n) is 2.63. The maximum atomic E-state index is 13.5. The molecule has 0 unspecified atom stereocenters. The third-order valence-corrected chi connectivity index (χ3v) is 5.74. The minimum atomic E-state index is -3.39. The first-order valence-electron chi connectivity index (χ1n) is 7.94. The summed E-state index contributed by atoms with van der Waals surface area (Å²) < 4.78 is 51.8. The van der Waals surface area contributed by atoms with E-state index in [0.29, 0.717) is 18.7 Å². The van der Waals surface area contributed by atoms with Gasteiger partial charge in [-0.25, -0.2) is 17.2 Å². The van der Waals surface area contributed by atoms with Crippen molar-refractivity contribution in [2.75, 3.05) is 27.2 Å². The lowest BCUT2D eigenvalue weighted by Crippen LogP contribution is -2.29. The number of carbonyl (C=O) groups excluding carboxylic acids is 2. The molecule has 0 spiro atoms. The van der Waals surface area contributed by atoms with Crippen LogP contribution in [0.4, 0.5) is 25.8 Å². The Kier molecular flexibility index (Phi) is 5.08. The van der Waals surface area contributed by atoms with Crippen molar-refractivity contribution in [3.63, 3.8) is 0 Å². The van der Waals surface area contributed by atoms with Crippen LogP contribution in [0.2, 0.25) is 0 Å². The van der Waals surface area contributed by atoms with Crippen LogP contribution in [0, 0.1) is 11.6 Å². The van der Waals surface area contributed by atoms with Crippen LogP contribution in [0.1, 0.15) is 6.42 Å². The smallest absolute Gasteiger partial charge is 0.314 e. The lowest BCUT2D eigenvalue weighted by molar-refractivity contribution is -0.133. The molecule has 0 bridgehead atoms. The Morgan fingerprint density at radius 2 is 1.74 bits per heavy atom. The van der Waals surface area contributed by atoms with E-state index in [1.807, 2.05) is 5.32 Å². The number of halogens is 2. The molecular weight excluding hydrogens is 380 g/mol. The van der Waals surface area contributed by atoms with E-state index in [0.717, 1.165) is 18.2 Å². The van der Waals surface area contributed by atoms with Crippen molar-refractivity contribution in [2.24, 2.45) is 0 Å². The standard InChI is InChI=1S/C17H15F2N3O4S/c18-11-5-6-14(19)15(9-11)21-17(24)16(23)20-12-3-1-4-13(10-12)22-7-2-8-27(22,25)26/h1,3-6,9-10H,2,7-8H2,(H,20,23)(H,21,24). The van der Waals surface area contributed by atoms with Crippen LogP contribution in [-0.2, 0) is 19.6 Å². The Labute approximate surface area is 154 Å². The quantitative estimate of drug-likeness (QED) is 0.778. The zero-order valence-electron chi connectivity index (χ0n) is 13.9. The topological polar surface area (TPSA) is 95.6 Å². The number of anilines is 3. The van der Waals surface area contributed by atoms with Crippen LogP contribution in [-0.4, -0.2) is 32.5 Å². The van der Waals surface area contributed by atoms with E-state index in [1.54, 1.807) is 6.07 Å². The molecule has 2 aromatic rings. The molecule has 7 nitrogen and oxygen atoms in total. The average molecular weight is 395 g/mol. The highest BCUT2D eigenvalue weighted by molar-refractivity contribution is 7.93. The summed E-state index contributed by atoms with van der Waals surface area (Å²) in [7, 11) is -3.39. The molecule has 0 saturated carbocycles. The monoisotopic (exact) mass is 395 g/mol. The first-order chi connectivity index (χ1) is 12.8. The molecule has 1 fully saturated rings. The summed E-state index contributed by atoms with van der Waals surface area (Å²) in [6.45, 7) is 0.332. The molecule has 1 saturated heterocycles. The van der Waals surface area contributed by atoms with Crippen molar-refractivity contribution in [1.82, 2.24) is 0 Å². The van der Waals surface area contributed by atoms with Gasteiger partial charge in [0.1, 0.15) is 11.6 Å². The van der Waals surface area contributed by atoms with Gasteiger partial charge in [-0.2, -0.15) is 0 Å². The summed E-state index contributed by atoms with van der Waals surface area (Å²) >= 11 is 0. The number of carbonyl (C=O) groups is 2. The lowest BCUT2D eigenvalue weighted by Gasteiger charge is -2.17. The van der Waals surface area contributed by atoms with Crippen LogP contribution < -0.4 is 14.9 Å². The molecule has 2 N–H and O–H groups in total. The molecule has 0 atom stereocenters. The van der Waals surface area contributed by atoms with Crippen molar-refractivity contribution >= 4 is 38.9 Å². The number of nitrogens with zero attached hydrogens (tertiary/aromatic N) is 1. The van der Waals surface area contributed by atoms with Crippen LogP contribution in [0.15, 0.2) is 42.5 Å². The highest BCUT2D eigenvalue weighted by Crippen LogP contribution is 2.26. The summed E-state index contributed by atoms with van der Waals surface area (Å²) in [5.74, 6) is -3.92. The molecule has 27 heavy (non-hydrogen) atoms. The molecule has 0 aromatic heterocycles. The van der Waals surface area contributed by atoms with Gasteiger partial charge in [0.25, 0.3) is 0 Å². The largest absolute Gasteiger partial charge is 0.318 e. The Morgan fingerprint density at radius 3 is 2.44 bits per heavy atom. The Morgan fingerprint density at radius 1 is 1.00 bits per heavy atom. The maximum Gasteiger partial charge on any atom is 0.314 e. The minimum Gasteiger partial charge on any atom is -0.318 e. The van der Waals surface area contributed by atoms with E-state index in [9.17, 15) is 26.8 Å². The Bertz CT molecular complexity index is 1010. The second kappa shape index (κ2) is 7.31. The van der Waals surface area contributed by atoms with Crippen LogP contribution >= 0.6 is 0 Å². The van der Waals surface area contributed by atoms with Gasteiger partial charge < -0.3 is 10.6 Å². The molecule has 0 aliphatic carbocycles. The summed E-state index contributed by atoms with van der Waals surface area (Å²) in [6, 6.07) is 8.44. The predicted octanol–water partition coefficient (Wildman–Crippen LogP) is 2.08. The number of nitrogens with one attached hydrogen (secondary N) is 2. The fraction of sp³-hybridized carbons (Fsp3) is 0.176. The van der Waals surface area contributed by atoms with Crippen molar-refractivity contribution in [3.8, 4) is 0 Å². The summed E-state index contributed by atoms with van der Waals surface area (Å²) in [5.41, 5.74) is 0.0865. The van der Waals surface area contributed by atoms with Crippen molar-refractivity contribution < 1.29 is 26.8 Å². The zero-order chi connectivity index (χ0) is 19.6. The highest BCUT2D eigenvalue weighted by atomic mass is 32.2. The van der Waals surface area contributed by atoms with E-state index >= 15 is 0 Å². The SMILES string of the molecule is O=C(Nc1cccc(N2CCCS2(=O)=O)c1)C(=O)Nc1cc(F)ccc1F. The molecule has 1 heterocycles. The minimum absolute atomic E-state index is 0.0468. The molecule has 10 heteroatoms. The number of hydrogen-bond acceptors (Lipinski definition) is 4. The molecule has 3 rings (SSSR count). The zero-order valence-corrected chi connectivity index (χ0v) is 14.7. The second-order valence-corrected chi connectivity index (χ2v) is 7.84. The van der Waals surface area contributed by atoms with Crippen LogP contribution in [0.25, 0.3) is 0 Å². The van der Waals surface area contributed by atoms with Gasteiger partial charge in [-0.15, -0.1) is 0 Å². The molecule has 142 valence electrons. The van der Waals surface area contributed by atoms with Gasteiger partial charge in [0.2, 0.25) is 10.0 Å². The van der Waals surface area contributed by atoms with E-state index < -0.39 is 39.2 Å². The van der Waals surface area contributed by atoms with Gasteiger partial charge in [0.05, 0.1) is 17.1 Å². The number of benzene rings is 2. The molecular formula is C17H15F2N3O4S. The second-order valence-electron chi connectivity index (χ2n) is 5.82. The van der Waals surface area contributed by atoms with Crippen molar-refractivity contribution in [2.45, 2.75) is 6.42 Å². The van der Waals surface area contributed by atoms with Crippen LogP contribution in [0.5, 0.6) is 0 Å². The van der Waals surface area contributed by atoms with Gasteiger partial charge >= 0.3 is 11.8 Å². The average Bonchev–Trinajstić information content (AvgIpc) is 2.97. The van der Waals surface area contributed by atoms with Gasteiger partial charge in [-0.3, -0.25) is 13.9 Å². The van der Waals surface area contributed by atoms with Crippen molar-refractivity contribution in [3.05, 3.63) is 54.1 Å². The molecule has 0 radical (unpaired) electrons. The normalized spacial score (nSPS) is 15.4. The van der Waals surface area contributed by atoms with E-state index in [2.05, 4.69) is 5.32 Å². The third-order valence-electron chi connectivity index (χ3n) is 3.87. The van der Waals surface area contributed by atoms with Gasteiger partial charge in [-0.1, -0.05) is 6.07 Å². The summed E-state index contributed by atoms with van der Waals surface area (Å²) in [5, 5.41) is 4.28. The number of sulfonamides is 1. The highest BCUT2D eigenvalue weighted by Gasteiger charge is 2.28. The molecule has 1 aliphatic rings. The van der Waals surface area contributed by atoms with E-state index in [1.165, 1.54) is 22.5 Å². The van der Waals surface area contributed by atoms with E-state index in [-0.39, 0.29) is 11.4 Å². The summed E-state index contributed by atoms with van der Waals surface area (Å²) in [6.07, 6.45) is 0.501. The van der Waals surface area contributed by atoms with Crippen molar-refractivity contribution in [1.29, 1.82) is 0 Å². The number of amides is 2. The summed E-state index contributed by atoms with van der Waals surface area (Å²) in [4.78, 5) is 23.9. The maximum absolute atomic E-state index is 13.5. The Hall–Kier alpha value is -3.01. The van der Waals surface area contributed by atoms with Gasteiger partial charge in [0.15, 0.2) is 0 Å². The number of rotatable bonds is 3. The van der Waals surface area contributed by atoms with Gasteiger partial charge in [-0.05, 0) is 36.8 Å². The Balaban J connectivity index is 1.71. The molecule has 2 aromatic carbocycles. The van der Waals surface area contributed by atoms with Crippen LogP contribution in [0.3, 0.4) is 0 Å². The van der Waals surface area contributed by atoms with Gasteiger partial charge in [0, 0.05) is 18.3 Å². The molecule has 2 amide bonds. The first kappa shape index (κ1) is 18.8. The lowest BCUT2D eigenvalue weighted by atomic mass is 10.2. The number of hydrogen-bond donors (Lipinski definition) is 2. The predicted molar refractivity (Wildman–Crippen MR) is 95.8 cm³/mol. The molecule has 1 aliphatic heterocycles.